The molecule has 0 bridgehead atoms. The number of para-hydroxylation sites is 1. The first-order chi connectivity index (χ1) is 13.4. The molecule has 0 aromatic heterocycles. The van der Waals surface area contributed by atoms with E-state index in [1.807, 2.05) is 44.2 Å². The quantitative estimate of drug-likeness (QED) is 0.504. The van der Waals surface area contributed by atoms with E-state index in [4.69, 9.17) is 21.1 Å². The summed E-state index contributed by atoms with van der Waals surface area (Å²) in [6.45, 7) is 5.77. The van der Waals surface area contributed by atoms with Gasteiger partial charge in [-0.25, -0.2) is 0 Å². The minimum absolute atomic E-state index is 0.117. The van der Waals surface area contributed by atoms with Crippen LogP contribution in [0.5, 0.6) is 11.5 Å². The third-order valence-corrected chi connectivity index (χ3v) is 6.49. The smallest absolute Gasteiger partial charge is 0.310 e. The lowest BCUT2D eigenvalue weighted by atomic mass is 9.84. The number of nitrogens with zero attached hydrogens (tertiary/aromatic N) is 1. The fourth-order valence-electron chi connectivity index (χ4n) is 4.64. The minimum Gasteiger partial charge on any atom is -0.457 e. The number of fused-ring (bicyclic) bond motifs is 5. The summed E-state index contributed by atoms with van der Waals surface area (Å²) in [7, 11) is 2.19. The molecule has 0 radical (unpaired) electrons. The predicted molar refractivity (Wildman–Crippen MR) is 110 cm³/mol. The van der Waals surface area contributed by atoms with Crippen molar-refractivity contribution in [2.24, 2.45) is 0 Å². The fraction of sp³-hybridized carbons (Fsp3) is 0.435. The average Bonchev–Trinajstić information content (AvgIpc) is 2.97. The van der Waals surface area contributed by atoms with E-state index in [1.165, 1.54) is 5.56 Å². The number of hydrogen-bond acceptors (Lipinski definition) is 3. The monoisotopic (exact) mass is 400 g/mol. The molecule has 28 heavy (non-hydrogen) atoms. The number of likely N-dealkylation sites (tertiary alicyclic amines) is 1. The van der Waals surface area contributed by atoms with E-state index in [9.17, 15) is 4.79 Å². The van der Waals surface area contributed by atoms with Gasteiger partial charge in [0.15, 0.2) is 0 Å². The Balaban J connectivity index is 1.72. The molecule has 4 atom stereocenters. The van der Waals surface area contributed by atoms with Crippen LogP contribution in [0.15, 0.2) is 42.5 Å². The maximum absolute atomic E-state index is 12.1. The summed E-state index contributed by atoms with van der Waals surface area (Å²) in [5.74, 6) is 2.20. The molecule has 2 aromatic carbocycles. The minimum atomic E-state index is -0.193. The van der Waals surface area contributed by atoms with Gasteiger partial charge in [-0.2, -0.15) is 0 Å². The molecule has 5 heteroatoms. The predicted octanol–water partition coefficient (Wildman–Crippen LogP) is 5.46. The van der Waals surface area contributed by atoms with Gasteiger partial charge in [0.25, 0.3) is 0 Å². The second kappa shape index (κ2) is 7.41. The van der Waals surface area contributed by atoms with E-state index in [0.717, 1.165) is 41.6 Å². The number of rotatable bonds is 4. The molecular formula is C23H27ClNO3+. The van der Waals surface area contributed by atoms with Crippen LogP contribution >= 0.6 is 11.6 Å². The Labute approximate surface area is 171 Å². The van der Waals surface area contributed by atoms with Gasteiger partial charge < -0.3 is 9.47 Å². The zero-order valence-corrected chi connectivity index (χ0v) is 17.4. The SMILES string of the molecule is CCCC(=O)OC(C)[N+]1(C)CC2c3ccccc3Oc3ccc(Cl)cc3C2C1. The first-order valence-corrected chi connectivity index (χ1v) is 10.4. The Morgan fingerprint density at radius 1 is 1.18 bits per heavy atom. The highest BCUT2D eigenvalue weighted by molar-refractivity contribution is 6.30. The molecule has 1 fully saturated rings. The first kappa shape index (κ1) is 19.3. The second-order valence-corrected chi connectivity index (χ2v) is 8.66. The summed E-state index contributed by atoms with van der Waals surface area (Å²) < 4.78 is 12.7. The van der Waals surface area contributed by atoms with Crippen LogP contribution < -0.4 is 4.74 Å². The highest BCUT2D eigenvalue weighted by Crippen LogP contribution is 2.52. The van der Waals surface area contributed by atoms with Gasteiger partial charge in [-0.1, -0.05) is 36.7 Å². The topological polar surface area (TPSA) is 35.5 Å². The fourth-order valence-corrected chi connectivity index (χ4v) is 4.82. The van der Waals surface area contributed by atoms with Crippen molar-refractivity contribution in [2.45, 2.75) is 44.8 Å². The van der Waals surface area contributed by atoms with Crippen molar-refractivity contribution in [3.05, 3.63) is 58.6 Å². The molecule has 0 spiro atoms. The normalized spacial score (nSPS) is 26.3. The third-order valence-electron chi connectivity index (χ3n) is 6.26. The lowest BCUT2D eigenvalue weighted by Gasteiger charge is -2.35. The number of carbonyl (C=O) groups is 1. The number of likely N-dealkylation sites (N-methyl/N-ethyl adjacent to an activating group) is 1. The maximum Gasteiger partial charge on any atom is 0.310 e. The Kier molecular flexibility index (Phi) is 5.11. The van der Waals surface area contributed by atoms with Crippen LogP contribution in [0.1, 0.15) is 49.7 Å². The van der Waals surface area contributed by atoms with Crippen LogP contribution in [-0.4, -0.2) is 36.8 Å². The molecule has 2 aliphatic heterocycles. The van der Waals surface area contributed by atoms with Crippen molar-refractivity contribution in [1.82, 2.24) is 0 Å². The van der Waals surface area contributed by atoms with Crippen LogP contribution in [-0.2, 0) is 9.53 Å². The Hall–Kier alpha value is -2.04. The third kappa shape index (κ3) is 3.40. The number of esters is 1. The molecule has 148 valence electrons. The van der Waals surface area contributed by atoms with E-state index in [1.54, 1.807) is 0 Å². The lowest BCUT2D eigenvalue weighted by molar-refractivity contribution is -0.940. The average molecular weight is 401 g/mol. The lowest BCUT2D eigenvalue weighted by Crippen LogP contribution is -2.51. The maximum atomic E-state index is 12.1. The number of hydrogen-bond donors (Lipinski definition) is 0. The molecule has 1 saturated heterocycles. The van der Waals surface area contributed by atoms with Gasteiger partial charge in [-0.05, 0) is 30.7 Å². The van der Waals surface area contributed by atoms with E-state index < -0.39 is 0 Å². The van der Waals surface area contributed by atoms with E-state index in [-0.39, 0.29) is 24.0 Å². The van der Waals surface area contributed by atoms with Gasteiger partial charge in [-0.15, -0.1) is 0 Å². The van der Waals surface area contributed by atoms with Crippen LogP contribution in [0, 0.1) is 0 Å². The highest BCUT2D eigenvalue weighted by Gasteiger charge is 2.50. The van der Waals surface area contributed by atoms with Gasteiger partial charge in [0, 0.05) is 41.3 Å². The van der Waals surface area contributed by atoms with Gasteiger partial charge in [0.05, 0.1) is 20.1 Å². The summed E-state index contributed by atoms with van der Waals surface area (Å²) in [5.41, 5.74) is 2.36. The van der Waals surface area contributed by atoms with Crippen molar-refractivity contribution in [1.29, 1.82) is 0 Å². The van der Waals surface area contributed by atoms with Crippen LogP contribution in [0.3, 0.4) is 0 Å². The molecule has 2 aliphatic rings. The summed E-state index contributed by atoms with van der Waals surface area (Å²) in [4.78, 5) is 12.1. The summed E-state index contributed by atoms with van der Waals surface area (Å²) in [6.07, 6.45) is 1.07. The number of ether oxygens (including phenoxy) is 2. The standard InChI is InChI=1S/C23H27ClNO3/c1-4-7-23(26)27-15(2)25(3)13-19-17-8-5-6-9-21(17)28-22-11-10-16(24)12-18(22)20(19)14-25/h5-6,8-12,15,19-20H,4,7,13-14H2,1-3H3/q+1. The number of carbonyl (C=O) groups excluding carboxylic acids is 1. The zero-order chi connectivity index (χ0) is 19.9. The number of quaternary nitrogens is 1. The van der Waals surface area contributed by atoms with Crippen LogP contribution in [0.2, 0.25) is 5.02 Å². The second-order valence-electron chi connectivity index (χ2n) is 8.22. The van der Waals surface area contributed by atoms with Crippen molar-refractivity contribution < 1.29 is 18.8 Å². The summed E-state index contributed by atoms with van der Waals surface area (Å²) in [5, 5.41) is 0.718. The molecule has 0 aliphatic carbocycles. The van der Waals surface area contributed by atoms with E-state index in [0.29, 0.717) is 10.9 Å². The van der Waals surface area contributed by atoms with Crippen LogP contribution in [0.4, 0.5) is 0 Å². The van der Waals surface area contributed by atoms with Crippen molar-refractivity contribution in [2.75, 3.05) is 20.1 Å². The molecular weight excluding hydrogens is 374 g/mol. The van der Waals surface area contributed by atoms with E-state index >= 15 is 0 Å². The molecule has 0 saturated carbocycles. The Bertz CT molecular complexity index is 899. The Morgan fingerprint density at radius 3 is 2.61 bits per heavy atom. The number of halogens is 1. The largest absolute Gasteiger partial charge is 0.457 e. The first-order valence-electron chi connectivity index (χ1n) is 10.0. The van der Waals surface area contributed by atoms with Crippen molar-refractivity contribution in [3.8, 4) is 11.5 Å². The molecule has 2 aromatic rings. The zero-order valence-electron chi connectivity index (χ0n) is 16.7. The van der Waals surface area contributed by atoms with Crippen molar-refractivity contribution in [3.63, 3.8) is 0 Å². The van der Waals surface area contributed by atoms with Gasteiger partial charge in [0.2, 0.25) is 6.23 Å². The molecule has 4 nitrogen and oxygen atoms in total. The van der Waals surface area contributed by atoms with Crippen LogP contribution in [0.25, 0.3) is 0 Å². The molecule has 0 amide bonds. The van der Waals surface area contributed by atoms with Gasteiger partial charge in [-0.3, -0.25) is 9.28 Å². The van der Waals surface area contributed by atoms with Crippen molar-refractivity contribution >= 4 is 17.6 Å². The molecule has 4 rings (SSSR count). The highest BCUT2D eigenvalue weighted by atomic mass is 35.5. The van der Waals surface area contributed by atoms with Gasteiger partial charge >= 0.3 is 5.97 Å². The van der Waals surface area contributed by atoms with E-state index in [2.05, 4.69) is 19.2 Å². The molecule has 2 heterocycles. The molecule has 4 unspecified atom stereocenters. The van der Waals surface area contributed by atoms with Gasteiger partial charge in [0.1, 0.15) is 11.5 Å². The Morgan fingerprint density at radius 2 is 1.86 bits per heavy atom. The summed E-state index contributed by atoms with van der Waals surface area (Å²) >= 11 is 6.34. The summed E-state index contributed by atoms with van der Waals surface area (Å²) in [6, 6.07) is 14.1. The number of benzene rings is 2. The molecule has 0 N–H and O–H groups in total.